The van der Waals surface area contributed by atoms with Crippen molar-refractivity contribution >= 4 is 11.5 Å². The number of fused-ring (bicyclic) bond motifs is 1. The molecule has 4 atom stereocenters. The van der Waals surface area contributed by atoms with Crippen molar-refractivity contribution in [2.75, 3.05) is 0 Å². The molecule has 2 saturated carbocycles. The standard InChI is InChI=1S/C21H28N2O2/c1-14(2)11-15-7-3-4-9-19(15)25-21(24)18-12-17(18)20-22-13-16-8-5-6-10-23(16)20/h5-6,8,10,13-15,17-19H,3-4,7,9,11-12H2,1-2H3. The molecule has 4 heteroatoms. The van der Waals surface area contributed by atoms with Crippen molar-refractivity contribution in [3.05, 3.63) is 36.4 Å². The molecule has 0 aromatic carbocycles. The average Bonchev–Trinajstić information content (AvgIpc) is 3.28. The van der Waals surface area contributed by atoms with Crippen molar-refractivity contribution in [2.24, 2.45) is 17.8 Å². The van der Waals surface area contributed by atoms with E-state index < -0.39 is 0 Å². The van der Waals surface area contributed by atoms with Gasteiger partial charge < -0.3 is 9.14 Å². The first kappa shape index (κ1) is 16.6. The second kappa shape index (κ2) is 6.81. The third-order valence-corrected chi connectivity index (χ3v) is 5.77. The largest absolute Gasteiger partial charge is 0.462 e. The number of pyridine rings is 1. The lowest BCUT2D eigenvalue weighted by Crippen LogP contribution is -2.31. The molecule has 2 aliphatic carbocycles. The summed E-state index contributed by atoms with van der Waals surface area (Å²) in [6, 6.07) is 6.06. The van der Waals surface area contributed by atoms with E-state index in [-0.39, 0.29) is 23.9 Å². The zero-order valence-electron chi connectivity index (χ0n) is 15.2. The maximum atomic E-state index is 12.7. The molecule has 0 radical (unpaired) electrons. The summed E-state index contributed by atoms with van der Waals surface area (Å²) in [6.07, 6.45) is 10.8. The third kappa shape index (κ3) is 3.44. The Morgan fingerprint density at radius 3 is 3.00 bits per heavy atom. The molecule has 4 nitrogen and oxygen atoms in total. The van der Waals surface area contributed by atoms with Gasteiger partial charge in [0.15, 0.2) is 0 Å². The number of ether oxygens (including phenoxy) is 1. The zero-order valence-corrected chi connectivity index (χ0v) is 15.2. The van der Waals surface area contributed by atoms with Crippen LogP contribution in [0.4, 0.5) is 0 Å². The molecule has 2 aliphatic rings. The summed E-state index contributed by atoms with van der Waals surface area (Å²) >= 11 is 0. The molecule has 134 valence electrons. The van der Waals surface area contributed by atoms with Gasteiger partial charge >= 0.3 is 5.97 Å². The van der Waals surface area contributed by atoms with E-state index in [1.54, 1.807) is 0 Å². The van der Waals surface area contributed by atoms with Gasteiger partial charge in [-0.2, -0.15) is 0 Å². The summed E-state index contributed by atoms with van der Waals surface area (Å²) in [7, 11) is 0. The molecule has 2 aromatic heterocycles. The second-order valence-electron chi connectivity index (χ2n) is 8.21. The van der Waals surface area contributed by atoms with Crippen LogP contribution in [-0.2, 0) is 9.53 Å². The number of nitrogens with zero attached hydrogens (tertiary/aromatic N) is 2. The summed E-state index contributed by atoms with van der Waals surface area (Å²) in [4.78, 5) is 17.2. The Morgan fingerprint density at radius 1 is 1.32 bits per heavy atom. The van der Waals surface area contributed by atoms with Gasteiger partial charge in [-0.25, -0.2) is 4.98 Å². The van der Waals surface area contributed by atoms with Crippen molar-refractivity contribution in [3.8, 4) is 0 Å². The van der Waals surface area contributed by atoms with E-state index in [2.05, 4.69) is 23.2 Å². The van der Waals surface area contributed by atoms with Crippen LogP contribution >= 0.6 is 0 Å². The maximum absolute atomic E-state index is 12.7. The molecule has 2 fully saturated rings. The van der Waals surface area contributed by atoms with Gasteiger partial charge in [0.25, 0.3) is 0 Å². The molecule has 0 bridgehead atoms. The highest BCUT2D eigenvalue weighted by Gasteiger charge is 2.48. The lowest BCUT2D eigenvalue weighted by Gasteiger charge is -2.32. The quantitative estimate of drug-likeness (QED) is 0.748. The summed E-state index contributed by atoms with van der Waals surface area (Å²) in [6.45, 7) is 4.52. The summed E-state index contributed by atoms with van der Waals surface area (Å²) in [5.74, 6) is 2.41. The molecule has 0 spiro atoms. The molecule has 4 rings (SSSR count). The Balaban J connectivity index is 1.40. The van der Waals surface area contributed by atoms with Crippen LogP contribution in [0.25, 0.3) is 5.52 Å². The zero-order chi connectivity index (χ0) is 17.4. The number of hydrogen-bond donors (Lipinski definition) is 0. The SMILES string of the molecule is CC(C)CC1CCCCC1OC(=O)C1CC1c1ncc2ccccn12. The van der Waals surface area contributed by atoms with E-state index in [0.717, 1.165) is 30.6 Å². The summed E-state index contributed by atoms with van der Waals surface area (Å²) in [5, 5.41) is 0. The lowest BCUT2D eigenvalue weighted by atomic mass is 9.81. The first-order chi connectivity index (χ1) is 12.1. The van der Waals surface area contributed by atoms with E-state index >= 15 is 0 Å². The van der Waals surface area contributed by atoms with Crippen LogP contribution in [0.3, 0.4) is 0 Å². The fourth-order valence-electron chi connectivity index (χ4n) is 4.42. The van der Waals surface area contributed by atoms with Gasteiger partial charge in [-0.3, -0.25) is 4.79 Å². The topological polar surface area (TPSA) is 43.6 Å². The van der Waals surface area contributed by atoms with Crippen molar-refractivity contribution in [2.45, 2.75) is 64.4 Å². The summed E-state index contributed by atoms with van der Waals surface area (Å²) < 4.78 is 8.09. The van der Waals surface area contributed by atoms with Crippen molar-refractivity contribution in [1.29, 1.82) is 0 Å². The fourth-order valence-corrected chi connectivity index (χ4v) is 4.42. The number of carbonyl (C=O) groups is 1. The number of carbonyl (C=O) groups excluding carboxylic acids is 1. The molecule has 0 aliphatic heterocycles. The van der Waals surface area contributed by atoms with Crippen LogP contribution in [-0.4, -0.2) is 21.5 Å². The number of hydrogen-bond acceptors (Lipinski definition) is 3. The Morgan fingerprint density at radius 2 is 2.16 bits per heavy atom. The number of aromatic nitrogens is 2. The van der Waals surface area contributed by atoms with Gasteiger partial charge in [-0.15, -0.1) is 0 Å². The Labute approximate surface area is 149 Å². The number of esters is 1. The predicted molar refractivity (Wildman–Crippen MR) is 97.3 cm³/mol. The minimum Gasteiger partial charge on any atom is -0.462 e. The van der Waals surface area contributed by atoms with Crippen molar-refractivity contribution in [3.63, 3.8) is 0 Å². The summed E-state index contributed by atoms with van der Waals surface area (Å²) in [5.41, 5.74) is 1.08. The normalized spacial score (nSPS) is 29.1. The number of rotatable bonds is 5. The fraction of sp³-hybridized carbons (Fsp3) is 0.619. The molecule has 0 amide bonds. The van der Waals surface area contributed by atoms with Crippen LogP contribution in [0.2, 0.25) is 0 Å². The van der Waals surface area contributed by atoms with Crippen LogP contribution in [0.5, 0.6) is 0 Å². The minimum atomic E-state index is -0.00701. The highest BCUT2D eigenvalue weighted by molar-refractivity contribution is 5.77. The number of imidazole rings is 1. The molecule has 2 heterocycles. The lowest BCUT2D eigenvalue weighted by molar-refractivity contribution is -0.155. The van der Waals surface area contributed by atoms with Gasteiger partial charge in [-0.05, 0) is 56.1 Å². The van der Waals surface area contributed by atoms with Crippen LogP contribution < -0.4 is 0 Å². The molecular weight excluding hydrogens is 312 g/mol. The highest BCUT2D eigenvalue weighted by atomic mass is 16.5. The van der Waals surface area contributed by atoms with Gasteiger partial charge in [0, 0.05) is 12.1 Å². The van der Waals surface area contributed by atoms with Gasteiger partial charge in [-0.1, -0.05) is 26.3 Å². The monoisotopic (exact) mass is 340 g/mol. The first-order valence-corrected chi connectivity index (χ1v) is 9.76. The van der Waals surface area contributed by atoms with Gasteiger partial charge in [0.1, 0.15) is 11.9 Å². The maximum Gasteiger partial charge on any atom is 0.309 e. The predicted octanol–water partition coefficient (Wildman–Crippen LogP) is 4.59. The highest BCUT2D eigenvalue weighted by Crippen LogP contribution is 2.48. The van der Waals surface area contributed by atoms with Crippen LogP contribution in [0.1, 0.15) is 64.1 Å². The third-order valence-electron chi connectivity index (χ3n) is 5.77. The molecule has 0 saturated heterocycles. The van der Waals surface area contributed by atoms with Gasteiger partial charge in [0.2, 0.25) is 0 Å². The van der Waals surface area contributed by atoms with Crippen molar-refractivity contribution in [1.82, 2.24) is 9.38 Å². The van der Waals surface area contributed by atoms with Gasteiger partial charge in [0.05, 0.1) is 17.6 Å². The van der Waals surface area contributed by atoms with E-state index in [1.807, 2.05) is 30.6 Å². The van der Waals surface area contributed by atoms with E-state index in [9.17, 15) is 4.79 Å². The van der Waals surface area contributed by atoms with E-state index in [0.29, 0.717) is 11.8 Å². The van der Waals surface area contributed by atoms with Crippen LogP contribution in [0.15, 0.2) is 30.6 Å². The van der Waals surface area contributed by atoms with Crippen molar-refractivity contribution < 1.29 is 9.53 Å². The minimum absolute atomic E-state index is 0.00154. The first-order valence-electron chi connectivity index (χ1n) is 9.76. The molecule has 0 N–H and O–H groups in total. The Bertz CT molecular complexity index is 751. The molecular formula is C21H28N2O2. The molecule has 25 heavy (non-hydrogen) atoms. The molecule has 2 aromatic rings. The molecule has 4 unspecified atom stereocenters. The van der Waals surface area contributed by atoms with E-state index in [1.165, 1.54) is 19.3 Å². The Hall–Kier alpha value is -1.84. The Kier molecular flexibility index (Phi) is 4.53. The smallest absolute Gasteiger partial charge is 0.309 e. The van der Waals surface area contributed by atoms with Crippen LogP contribution in [0, 0.1) is 17.8 Å². The average molecular weight is 340 g/mol. The van der Waals surface area contributed by atoms with E-state index in [4.69, 9.17) is 4.74 Å². The second-order valence-corrected chi connectivity index (χ2v) is 8.21.